The standard InChI is InChI=1S/C40H41N3O6/c1-5-19-42-31-18-17-28(43-32-16-10-14-27-13-9-15-29(35(27)32)37(43)46)22-30(31)40(38(42)47)25(2)36(39(3,4)48)33(49-40)23-34(45)41(20-21-44)24-26-11-7-6-8-12-26/h5-18,22,25,33,36,44,48H,1,19-21,23-24H2,2-4H3/t25-,33+,36-,40+/m1/s1. The minimum absolute atomic E-state index is 0.0980. The monoisotopic (exact) mass is 659 g/mol. The van der Waals surface area contributed by atoms with E-state index in [1.54, 1.807) is 34.6 Å². The summed E-state index contributed by atoms with van der Waals surface area (Å²) >= 11 is 0. The molecule has 252 valence electrons. The zero-order valence-electron chi connectivity index (χ0n) is 28.0. The number of amides is 3. The van der Waals surface area contributed by atoms with Crippen molar-refractivity contribution in [1.82, 2.24) is 4.90 Å². The molecule has 7 rings (SSSR count). The van der Waals surface area contributed by atoms with Crippen LogP contribution in [-0.2, 0) is 26.5 Å². The zero-order valence-corrected chi connectivity index (χ0v) is 28.0. The van der Waals surface area contributed by atoms with Crippen molar-refractivity contribution in [3.8, 4) is 0 Å². The van der Waals surface area contributed by atoms with E-state index in [9.17, 15) is 24.6 Å². The quantitative estimate of drug-likeness (QED) is 0.212. The largest absolute Gasteiger partial charge is 0.395 e. The zero-order chi connectivity index (χ0) is 34.7. The molecule has 9 nitrogen and oxygen atoms in total. The highest BCUT2D eigenvalue weighted by Gasteiger charge is 2.66. The van der Waals surface area contributed by atoms with Gasteiger partial charge in [-0.1, -0.05) is 67.6 Å². The van der Waals surface area contributed by atoms with E-state index in [0.717, 1.165) is 22.0 Å². The second-order valence-corrected chi connectivity index (χ2v) is 13.8. The van der Waals surface area contributed by atoms with Crippen molar-refractivity contribution in [2.75, 3.05) is 29.5 Å². The van der Waals surface area contributed by atoms with Crippen LogP contribution in [0.25, 0.3) is 10.8 Å². The lowest BCUT2D eigenvalue weighted by molar-refractivity contribution is -0.150. The van der Waals surface area contributed by atoms with Crippen molar-refractivity contribution < 1.29 is 29.3 Å². The number of rotatable bonds is 10. The van der Waals surface area contributed by atoms with Gasteiger partial charge in [-0.2, -0.15) is 0 Å². The smallest absolute Gasteiger partial charge is 0.264 e. The molecule has 1 spiro atoms. The van der Waals surface area contributed by atoms with Gasteiger partial charge in [0, 0.05) is 48.1 Å². The molecule has 4 atom stereocenters. The number of aliphatic hydroxyl groups excluding tert-OH is 1. The molecule has 4 aromatic rings. The van der Waals surface area contributed by atoms with Gasteiger partial charge in [0.1, 0.15) is 0 Å². The van der Waals surface area contributed by atoms with E-state index in [1.165, 1.54) is 0 Å². The molecule has 49 heavy (non-hydrogen) atoms. The highest BCUT2D eigenvalue weighted by atomic mass is 16.5. The summed E-state index contributed by atoms with van der Waals surface area (Å²) in [5, 5.41) is 23.3. The average molecular weight is 660 g/mol. The number of carbonyl (C=O) groups is 3. The van der Waals surface area contributed by atoms with Crippen LogP contribution in [0.2, 0.25) is 0 Å². The first-order chi connectivity index (χ1) is 23.5. The molecule has 1 fully saturated rings. The first kappa shape index (κ1) is 32.7. The number of benzene rings is 4. The highest BCUT2D eigenvalue weighted by molar-refractivity contribution is 6.28. The Hall–Kier alpha value is -4.83. The van der Waals surface area contributed by atoms with E-state index < -0.39 is 29.1 Å². The van der Waals surface area contributed by atoms with Gasteiger partial charge >= 0.3 is 0 Å². The van der Waals surface area contributed by atoms with Crippen molar-refractivity contribution >= 4 is 45.6 Å². The summed E-state index contributed by atoms with van der Waals surface area (Å²) in [6, 6.07) is 26.6. The maximum absolute atomic E-state index is 14.7. The third-order valence-electron chi connectivity index (χ3n) is 10.4. The second kappa shape index (κ2) is 12.2. The number of carbonyl (C=O) groups excluding carboxylic acids is 3. The summed E-state index contributed by atoms with van der Waals surface area (Å²) in [7, 11) is 0. The van der Waals surface area contributed by atoms with Gasteiger partial charge in [0.15, 0.2) is 5.60 Å². The molecular weight excluding hydrogens is 618 g/mol. The summed E-state index contributed by atoms with van der Waals surface area (Å²) < 4.78 is 6.89. The highest BCUT2D eigenvalue weighted by Crippen LogP contribution is 2.58. The number of anilines is 3. The number of hydrogen-bond acceptors (Lipinski definition) is 6. The van der Waals surface area contributed by atoms with Gasteiger partial charge in [0.25, 0.3) is 11.8 Å². The minimum atomic E-state index is -1.53. The first-order valence-corrected chi connectivity index (χ1v) is 16.8. The second-order valence-electron chi connectivity index (χ2n) is 13.8. The normalized spacial score (nSPS) is 22.8. The maximum Gasteiger partial charge on any atom is 0.264 e. The van der Waals surface area contributed by atoms with Gasteiger partial charge in [-0.25, -0.2) is 0 Å². The van der Waals surface area contributed by atoms with Gasteiger partial charge < -0.3 is 24.7 Å². The van der Waals surface area contributed by atoms with Crippen LogP contribution in [0.3, 0.4) is 0 Å². The van der Waals surface area contributed by atoms with Crippen molar-refractivity contribution in [3.63, 3.8) is 0 Å². The van der Waals surface area contributed by atoms with Crippen molar-refractivity contribution in [2.45, 2.75) is 51.0 Å². The van der Waals surface area contributed by atoms with Crippen molar-refractivity contribution in [2.24, 2.45) is 11.8 Å². The van der Waals surface area contributed by atoms with E-state index in [4.69, 9.17) is 4.74 Å². The fourth-order valence-electron chi connectivity index (χ4n) is 8.40. The third kappa shape index (κ3) is 5.15. The van der Waals surface area contributed by atoms with Crippen LogP contribution in [-0.4, -0.2) is 64.2 Å². The van der Waals surface area contributed by atoms with Crippen LogP contribution in [0, 0.1) is 11.8 Å². The molecule has 4 aromatic carbocycles. The van der Waals surface area contributed by atoms with Gasteiger partial charge in [0.2, 0.25) is 5.91 Å². The van der Waals surface area contributed by atoms with Crippen LogP contribution in [0.1, 0.15) is 48.7 Å². The predicted octanol–water partition coefficient (Wildman–Crippen LogP) is 5.69. The van der Waals surface area contributed by atoms with Crippen LogP contribution < -0.4 is 9.80 Å². The Labute approximate surface area is 286 Å². The molecule has 0 unspecified atom stereocenters. The predicted molar refractivity (Wildman–Crippen MR) is 188 cm³/mol. The minimum Gasteiger partial charge on any atom is -0.395 e. The Morgan fingerprint density at radius 2 is 1.76 bits per heavy atom. The molecule has 3 aliphatic heterocycles. The Balaban J connectivity index is 1.30. The Morgan fingerprint density at radius 3 is 2.45 bits per heavy atom. The Kier molecular flexibility index (Phi) is 8.17. The van der Waals surface area contributed by atoms with Crippen LogP contribution in [0.5, 0.6) is 0 Å². The van der Waals surface area contributed by atoms with Crippen LogP contribution in [0.15, 0.2) is 97.6 Å². The molecule has 0 bridgehead atoms. The van der Waals surface area contributed by atoms with E-state index in [-0.39, 0.29) is 43.8 Å². The lowest BCUT2D eigenvalue weighted by atomic mass is 9.70. The fraction of sp³-hybridized carbons (Fsp3) is 0.325. The summed E-state index contributed by atoms with van der Waals surface area (Å²) in [6.45, 7) is 9.60. The molecule has 0 aliphatic carbocycles. The van der Waals surface area contributed by atoms with Crippen molar-refractivity contribution in [3.05, 3.63) is 114 Å². The van der Waals surface area contributed by atoms with Gasteiger partial charge in [-0.3, -0.25) is 19.3 Å². The van der Waals surface area contributed by atoms with Gasteiger partial charge in [0.05, 0.1) is 41.7 Å². The third-order valence-corrected chi connectivity index (χ3v) is 10.4. The topological polar surface area (TPSA) is 111 Å². The van der Waals surface area contributed by atoms with E-state index in [2.05, 4.69) is 6.58 Å². The Morgan fingerprint density at radius 1 is 1.02 bits per heavy atom. The summed E-state index contributed by atoms with van der Waals surface area (Å²) in [4.78, 5) is 47.4. The molecule has 0 radical (unpaired) electrons. The molecule has 9 heteroatoms. The molecule has 1 saturated heterocycles. The lowest BCUT2D eigenvalue weighted by Gasteiger charge is -2.34. The molecule has 3 amide bonds. The lowest BCUT2D eigenvalue weighted by Crippen LogP contribution is -2.46. The summed E-state index contributed by atoms with van der Waals surface area (Å²) in [6.07, 6.45) is 0.731. The molecular formula is C40H41N3O6. The molecule has 2 N–H and O–H groups in total. The number of hydrogen-bond donors (Lipinski definition) is 2. The summed E-state index contributed by atoms with van der Waals surface area (Å²) in [5.41, 5.74) is 1.25. The van der Waals surface area contributed by atoms with Crippen molar-refractivity contribution in [1.29, 1.82) is 0 Å². The van der Waals surface area contributed by atoms with E-state index in [1.807, 2.05) is 91.9 Å². The maximum atomic E-state index is 14.7. The van der Waals surface area contributed by atoms with E-state index >= 15 is 0 Å². The fourth-order valence-corrected chi connectivity index (χ4v) is 8.40. The first-order valence-electron chi connectivity index (χ1n) is 16.8. The number of ether oxygens (including phenoxy) is 1. The molecule has 0 saturated carbocycles. The van der Waals surface area contributed by atoms with Gasteiger partial charge in [-0.15, -0.1) is 6.58 Å². The van der Waals surface area contributed by atoms with E-state index in [0.29, 0.717) is 29.0 Å². The van der Waals surface area contributed by atoms with Crippen LogP contribution >= 0.6 is 0 Å². The number of nitrogens with zero attached hydrogens (tertiary/aromatic N) is 3. The average Bonchev–Trinajstić information content (AvgIpc) is 3.63. The van der Waals surface area contributed by atoms with Gasteiger partial charge in [-0.05, 0) is 55.1 Å². The van der Waals surface area contributed by atoms with Crippen LogP contribution in [0.4, 0.5) is 17.1 Å². The molecule has 3 heterocycles. The SMILES string of the molecule is C=CCN1C(=O)[C@@]2(O[C@@H](CC(=O)N(CCO)Cc3ccccc3)[C@H](C(C)(C)O)[C@H]2C)c2cc(N3C(=O)c4cccc5cccc3c45)ccc21. The summed E-state index contributed by atoms with van der Waals surface area (Å²) in [5.74, 6) is -1.88. The molecule has 3 aliphatic rings. The Bertz CT molecular complexity index is 1960. The number of aliphatic hydroxyl groups is 2. The molecule has 0 aromatic heterocycles. The number of fused-ring (bicyclic) bond motifs is 2.